The van der Waals surface area contributed by atoms with Gasteiger partial charge in [-0.15, -0.1) is 0 Å². The fraction of sp³-hybridized carbons (Fsp3) is 1.00. The van der Waals surface area contributed by atoms with Crippen molar-refractivity contribution in [2.24, 2.45) is 5.73 Å². The molecular formula is C5H10FNO. The van der Waals surface area contributed by atoms with E-state index in [1.165, 1.54) is 0 Å². The number of rotatable bonds is 1. The van der Waals surface area contributed by atoms with Gasteiger partial charge in [-0.2, -0.15) is 0 Å². The number of ether oxygens (including phenoxy) is 1. The van der Waals surface area contributed by atoms with Crippen molar-refractivity contribution in [2.75, 3.05) is 19.8 Å². The summed E-state index contributed by atoms with van der Waals surface area (Å²) in [4.78, 5) is 0. The quantitative estimate of drug-likeness (QED) is 0.530. The Balaban J connectivity index is 2.40. The molecule has 48 valence electrons. The maximum atomic E-state index is 12.8. The van der Waals surface area contributed by atoms with Crippen molar-refractivity contribution >= 4 is 0 Å². The molecule has 2 N–H and O–H groups in total. The van der Waals surface area contributed by atoms with Crippen LogP contribution in [0.4, 0.5) is 4.39 Å². The van der Waals surface area contributed by atoms with E-state index in [9.17, 15) is 4.39 Å². The monoisotopic (exact) mass is 119 g/mol. The first-order valence-corrected chi connectivity index (χ1v) is 2.74. The summed E-state index contributed by atoms with van der Waals surface area (Å²) in [6.45, 7) is 0.796. The maximum absolute atomic E-state index is 12.8. The summed E-state index contributed by atoms with van der Waals surface area (Å²) in [5.74, 6) is 0. The van der Waals surface area contributed by atoms with Gasteiger partial charge in [-0.3, -0.25) is 0 Å². The second kappa shape index (κ2) is 1.99. The number of hydrogen-bond donors (Lipinski definition) is 1. The van der Waals surface area contributed by atoms with Crippen LogP contribution in [-0.2, 0) is 4.74 Å². The van der Waals surface area contributed by atoms with Crippen LogP contribution in [0.3, 0.4) is 0 Å². The molecule has 1 fully saturated rings. The lowest BCUT2D eigenvalue weighted by atomic mass is 10.1. The van der Waals surface area contributed by atoms with Gasteiger partial charge < -0.3 is 10.5 Å². The third-order valence-corrected chi connectivity index (χ3v) is 1.42. The molecule has 0 aliphatic carbocycles. The van der Waals surface area contributed by atoms with Gasteiger partial charge in [0, 0.05) is 19.6 Å². The number of halogens is 1. The van der Waals surface area contributed by atoms with Crippen LogP contribution in [0.2, 0.25) is 0 Å². The van der Waals surface area contributed by atoms with Crippen molar-refractivity contribution in [2.45, 2.75) is 12.1 Å². The molecule has 1 unspecified atom stereocenters. The van der Waals surface area contributed by atoms with Crippen molar-refractivity contribution in [1.82, 2.24) is 0 Å². The second-order valence-corrected chi connectivity index (χ2v) is 2.16. The van der Waals surface area contributed by atoms with E-state index < -0.39 is 5.67 Å². The van der Waals surface area contributed by atoms with Crippen molar-refractivity contribution < 1.29 is 9.13 Å². The van der Waals surface area contributed by atoms with E-state index in [0.717, 1.165) is 0 Å². The lowest BCUT2D eigenvalue weighted by Gasteiger charge is -2.12. The summed E-state index contributed by atoms with van der Waals surface area (Å²) < 4.78 is 17.6. The Hall–Kier alpha value is -0.150. The van der Waals surface area contributed by atoms with Crippen molar-refractivity contribution in [3.8, 4) is 0 Å². The first kappa shape index (κ1) is 5.98. The standard InChI is InChI=1S/C5H10FNO/c6-5(3-7)1-2-8-4-5/h1-4,7H2. The van der Waals surface area contributed by atoms with Gasteiger partial charge in [-0.05, 0) is 0 Å². The molecular weight excluding hydrogens is 109 g/mol. The molecule has 1 aliphatic heterocycles. The van der Waals surface area contributed by atoms with E-state index in [4.69, 9.17) is 10.5 Å². The molecule has 2 nitrogen and oxygen atoms in total. The largest absolute Gasteiger partial charge is 0.378 e. The number of hydrogen-bond acceptors (Lipinski definition) is 2. The van der Waals surface area contributed by atoms with Crippen LogP contribution in [0.1, 0.15) is 6.42 Å². The number of nitrogens with two attached hydrogens (primary N) is 1. The second-order valence-electron chi connectivity index (χ2n) is 2.16. The van der Waals surface area contributed by atoms with Crippen molar-refractivity contribution in [3.63, 3.8) is 0 Å². The van der Waals surface area contributed by atoms with Gasteiger partial charge in [0.05, 0.1) is 6.61 Å². The van der Waals surface area contributed by atoms with Gasteiger partial charge in [-0.25, -0.2) is 4.39 Å². The highest BCUT2D eigenvalue weighted by Crippen LogP contribution is 2.20. The fourth-order valence-electron chi connectivity index (χ4n) is 0.743. The van der Waals surface area contributed by atoms with Crippen LogP contribution in [0.5, 0.6) is 0 Å². The molecule has 1 heterocycles. The van der Waals surface area contributed by atoms with Crippen LogP contribution in [0, 0.1) is 0 Å². The summed E-state index contributed by atoms with van der Waals surface area (Å²) >= 11 is 0. The Morgan fingerprint density at radius 3 is 2.75 bits per heavy atom. The highest BCUT2D eigenvalue weighted by atomic mass is 19.1. The molecule has 0 amide bonds. The molecule has 1 saturated heterocycles. The molecule has 1 aliphatic rings. The van der Waals surface area contributed by atoms with Gasteiger partial charge in [0.15, 0.2) is 0 Å². The summed E-state index contributed by atoms with van der Waals surface area (Å²) in [6.07, 6.45) is 0.462. The van der Waals surface area contributed by atoms with Gasteiger partial charge in [0.1, 0.15) is 5.67 Å². The molecule has 1 rings (SSSR count). The predicted molar refractivity (Wildman–Crippen MR) is 28.3 cm³/mol. The Morgan fingerprint density at radius 2 is 2.50 bits per heavy atom. The topological polar surface area (TPSA) is 35.2 Å². The Kier molecular flexibility index (Phi) is 1.49. The zero-order valence-corrected chi connectivity index (χ0v) is 4.69. The van der Waals surface area contributed by atoms with Crippen molar-refractivity contribution in [3.05, 3.63) is 0 Å². The predicted octanol–water partition coefficient (Wildman–Crippen LogP) is 0.0737. The van der Waals surface area contributed by atoms with E-state index in [1.54, 1.807) is 0 Å². The third kappa shape index (κ3) is 0.980. The van der Waals surface area contributed by atoms with Crippen LogP contribution in [0.25, 0.3) is 0 Å². The zero-order valence-electron chi connectivity index (χ0n) is 4.69. The molecule has 0 aromatic heterocycles. The molecule has 0 bridgehead atoms. The minimum absolute atomic E-state index is 0.0903. The molecule has 1 atom stereocenters. The minimum Gasteiger partial charge on any atom is -0.378 e. The molecule has 0 spiro atoms. The molecule has 8 heavy (non-hydrogen) atoms. The maximum Gasteiger partial charge on any atom is 0.148 e. The lowest BCUT2D eigenvalue weighted by Crippen LogP contribution is -2.32. The summed E-state index contributed by atoms with van der Waals surface area (Å²) in [5.41, 5.74) is 3.90. The van der Waals surface area contributed by atoms with Gasteiger partial charge >= 0.3 is 0 Å². The summed E-state index contributed by atoms with van der Waals surface area (Å²) in [6, 6.07) is 0. The first-order chi connectivity index (χ1) is 3.77. The fourth-order valence-corrected chi connectivity index (χ4v) is 0.743. The van der Waals surface area contributed by atoms with E-state index in [2.05, 4.69) is 0 Å². The van der Waals surface area contributed by atoms with E-state index in [0.29, 0.717) is 13.0 Å². The Bertz CT molecular complexity index is 80.5. The molecule has 0 aromatic rings. The molecule has 3 heteroatoms. The zero-order chi connectivity index (χ0) is 6.04. The highest BCUT2D eigenvalue weighted by molar-refractivity contribution is 4.83. The van der Waals surface area contributed by atoms with Gasteiger partial charge in [-0.1, -0.05) is 0 Å². The third-order valence-electron chi connectivity index (χ3n) is 1.42. The highest BCUT2D eigenvalue weighted by Gasteiger charge is 2.32. The SMILES string of the molecule is NCC1(F)CCOC1. The summed E-state index contributed by atoms with van der Waals surface area (Å²) in [7, 11) is 0. The average Bonchev–Trinajstić information content (AvgIpc) is 2.17. The van der Waals surface area contributed by atoms with Crippen LogP contribution in [0.15, 0.2) is 0 Å². The van der Waals surface area contributed by atoms with Crippen LogP contribution >= 0.6 is 0 Å². The van der Waals surface area contributed by atoms with E-state index in [1.807, 2.05) is 0 Å². The van der Waals surface area contributed by atoms with Gasteiger partial charge in [0.25, 0.3) is 0 Å². The van der Waals surface area contributed by atoms with E-state index in [-0.39, 0.29) is 13.2 Å². The van der Waals surface area contributed by atoms with Crippen molar-refractivity contribution in [1.29, 1.82) is 0 Å². The van der Waals surface area contributed by atoms with Crippen LogP contribution < -0.4 is 5.73 Å². The van der Waals surface area contributed by atoms with Crippen LogP contribution in [-0.4, -0.2) is 25.4 Å². The number of alkyl halides is 1. The lowest BCUT2D eigenvalue weighted by molar-refractivity contribution is 0.118. The molecule has 0 aromatic carbocycles. The molecule has 0 saturated carbocycles. The smallest absolute Gasteiger partial charge is 0.148 e. The normalized spacial score (nSPS) is 38.2. The Morgan fingerprint density at radius 1 is 1.75 bits per heavy atom. The summed E-state index contributed by atoms with van der Waals surface area (Å²) in [5, 5.41) is 0. The van der Waals surface area contributed by atoms with E-state index >= 15 is 0 Å². The Labute approximate surface area is 47.8 Å². The minimum atomic E-state index is -1.21. The average molecular weight is 119 g/mol. The molecule has 0 radical (unpaired) electrons. The van der Waals surface area contributed by atoms with Gasteiger partial charge in [0.2, 0.25) is 0 Å². The first-order valence-electron chi connectivity index (χ1n) is 2.74.